The smallest absolute Gasteiger partial charge is 0.491 e. The van der Waals surface area contributed by atoms with E-state index in [2.05, 4.69) is 15.0 Å². The monoisotopic (exact) mass is 507 g/mol. The first-order valence-electron chi connectivity index (χ1n) is 10.2. The number of benzene rings is 2. The zero-order chi connectivity index (χ0) is 25.0. The van der Waals surface area contributed by atoms with Gasteiger partial charge in [-0.05, 0) is 48.0 Å². The lowest BCUT2D eigenvalue weighted by Gasteiger charge is -2.37. The van der Waals surface area contributed by atoms with Crippen molar-refractivity contribution in [3.05, 3.63) is 71.0 Å². The maximum Gasteiger partial charge on any atom is 0.491 e. The molecule has 0 saturated carbocycles. The maximum absolute atomic E-state index is 12.9. The van der Waals surface area contributed by atoms with Crippen LogP contribution in [0.15, 0.2) is 54.7 Å². The first-order chi connectivity index (χ1) is 16.5. The van der Waals surface area contributed by atoms with Crippen LogP contribution in [0.25, 0.3) is 11.1 Å². The molecule has 0 radical (unpaired) electrons. The molecule has 2 aliphatic heterocycles. The first-order valence-corrected chi connectivity index (χ1v) is 10.6. The molecule has 3 aromatic rings. The molecule has 8 nitrogen and oxygen atoms in total. The van der Waals surface area contributed by atoms with Crippen molar-refractivity contribution < 1.29 is 36.9 Å². The van der Waals surface area contributed by atoms with Crippen LogP contribution in [0.3, 0.4) is 0 Å². The number of hydrogen-bond donors (Lipinski definition) is 2. The van der Waals surface area contributed by atoms with Crippen molar-refractivity contribution in [2.75, 3.05) is 13.7 Å². The van der Waals surface area contributed by atoms with Gasteiger partial charge in [-0.25, -0.2) is 15.1 Å². The minimum absolute atomic E-state index is 0.253. The number of carbonyl (C=O) groups excluding carboxylic acids is 1. The number of hydrogen-bond acceptors (Lipinski definition) is 8. The number of rotatable bonds is 3. The highest BCUT2D eigenvalue weighted by Crippen LogP contribution is 2.52. The minimum Gasteiger partial charge on any atom is -0.497 e. The third-order valence-corrected chi connectivity index (χ3v) is 6.04. The molecule has 2 aliphatic rings. The van der Waals surface area contributed by atoms with E-state index < -0.39 is 23.7 Å². The predicted molar refractivity (Wildman–Crippen MR) is 117 cm³/mol. The molecule has 2 unspecified atom stereocenters. The van der Waals surface area contributed by atoms with Crippen LogP contribution in [0.5, 0.6) is 17.2 Å². The Kier molecular flexibility index (Phi) is 5.40. The number of methoxy groups -OCH3 is 1. The summed E-state index contributed by atoms with van der Waals surface area (Å²) in [6, 6.07) is 11.0. The number of aromatic nitrogens is 1. The molecule has 2 aromatic carbocycles. The lowest BCUT2D eigenvalue weighted by molar-refractivity contribution is -0.254. The molecule has 0 amide bonds. The molecular weight excluding hydrogens is 491 g/mol. The number of fused-ring (bicyclic) bond motifs is 4. The average Bonchev–Trinajstić information content (AvgIpc) is 3.16. The van der Waals surface area contributed by atoms with Crippen molar-refractivity contribution in [2.45, 2.75) is 17.8 Å². The summed E-state index contributed by atoms with van der Waals surface area (Å²) in [5, 5.41) is 3.02. The Morgan fingerprint density at radius 3 is 2.57 bits per heavy atom. The number of ether oxygens (including phenoxy) is 4. The summed E-state index contributed by atoms with van der Waals surface area (Å²) < 4.78 is 60.0. The minimum atomic E-state index is -5.27. The fourth-order valence-corrected chi connectivity index (χ4v) is 4.40. The maximum atomic E-state index is 12.9. The average molecular weight is 508 g/mol. The van der Waals surface area contributed by atoms with Crippen molar-refractivity contribution in [1.29, 1.82) is 0 Å². The number of nitrogens with zero attached hydrogens (tertiary/aromatic N) is 1. The number of nitrogens with one attached hydrogen (secondary N) is 1. The number of halogens is 4. The molecule has 35 heavy (non-hydrogen) atoms. The van der Waals surface area contributed by atoms with Gasteiger partial charge in [-0.2, -0.15) is 13.2 Å². The van der Waals surface area contributed by atoms with Gasteiger partial charge in [-0.15, -0.1) is 0 Å². The third kappa shape index (κ3) is 3.96. The molecule has 2 atom stereocenters. The fraction of sp³-hybridized carbons (Fsp3) is 0.217. The molecule has 3 N–H and O–H groups in total. The summed E-state index contributed by atoms with van der Waals surface area (Å²) in [5.74, 6) is -1.29. The van der Waals surface area contributed by atoms with Crippen LogP contribution < -0.4 is 20.5 Å². The summed E-state index contributed by atoms with van der Waals surface area (Å²) in [5.41, 5.74) is 6.75. The Balaban J connectivity index is 1.66. The molecule has 1 spiro atoms. The van der Waals surface area contributed by atoms with Crippen LogP contribution in [0, 0.1) is 0 Å². The second kappa shape index (κ2) is 8.09. The molecule has 1 saturated heterocycles. The van der Waals surface area contributed by atoms with Crippen LogP contribution in [0.1, 0.15) is 11.1 Å². The van der Waals surface area contributed by atoms with Gasteiger partial charge in [0.1, 0.15) is 27.9 Å². The van der Waals surface area contributed by atoms with Crippen LogP contribution >= 0.6 is 11.6 Å². The van der Waals surface area contributed by atoms with E-state index in [0.717, 1.165) is 0 Å². The topological polar surface area (TPSA) is 105 Å². The zero-order valence-corrected chi connectivity index (χ0v) is 18.7. The van der Waals surface area contributed by atoms with Crippen LogP contribution in [0.2, 0.25) is 5.15 Å². The van der Waals surface area contributed by atoms with Crippen molar-refractivity contribution in [3.8, 4) is 28.4 Å². The second-order valence-corrected chi connectivity index (χ2v) is 8.25. The third-order valence-electron chi connectivity index (χ3n) is 5.74. The quantitative estimate of drug-likeness (QED) is 0.311. The molecule has 5 rings (SSSR count). The van der Waals surface area contributed by atoms with E-state index in [0.29, 0.717) is 39.5 Å². The Morgan fingerprint density at radius 2 is 1.89 bits per heavy atom. The van der Waals surface area contributed by atoms with E-state index >= 15 is 0 Å². The Hall–Kier alpha value is -3.38. The van der Waals surface area contributed by atoms with E-state index in [-0.39, 0.29) is 11.8 Å². The van der Waals surface area contributed by atoms with E-state index in [4.69, 9.17) is 31.5 Å². The fourth-order valence-electron chi connectivity index (χ4n) is 4.17. The summed E-state index contributed by atoms with van der Waals surface area (Å²) in [7, 11) is 1.46. The number of pyridine rings is 1. The second-order valence-electron chi connectivity index (χ2n) is 7.89. The van der Waals surface area contributed by atoms with Crippen LogP contribution in [0.4, 0.5) is 13.2 Å². The molecule has 0 bridgehead atoms. The lowest BCUT2D eigenvalue weighted by Crippen LogP contribution is -2.60. The van der Waals surface area contributed by atoms with Crippen molar-refractivity contribution >= 4 is 17.6 Å². The number of nitrogens with two attached hydrogens (primary N) is 1. The Morgan fingerprint density at radius 1 is 1.17 bits per heavy atom. The molecule has 0 aliphatic carbocycles. The SMILES string of the molecule is COc1ccc2c(c1)C1(COC(N)(OC(=O)C(F)(F)F)N1)c1cc(-c3cccnc3Cl)ccc1O2. The highest BCUT2D eigenvalue weighted by atomic mass is 35.5. The van der Waals surface area contributed by atoms with E-state index in [9.17, 15) is 18.0 Å². The summed E-state index contributed by atoms with van der Waals surface area (Å²) in [6.07, 6.45) is -3.73. The normalized spacial score (nSPS) is 22.8. The lowest BCUT2D eigenvalue weighted by atomic mass is 9.80. The molecule has 12 heteroatoms. The van der Waals surface area contributed by atoms with Gasteiger partial charge in [-0.3, -0.25) is 5.73 Å². The number of esters is 1. The molecule has 1 fully saturated rings. The van der Waals surface area contributed by atoms with Gasteiger partial charge >= 0.3 is 18.2 Å². The van der Waals surface area contributed by atoms with Gasteiger partial charge in [0, 0.05) is 22.9 Å². The Bertz CT molecular complexity index is 1340. The highest BCUT2D eigenvalue weighted by molar-refractivity contribution is 6.32. The van der Waals surface area contributed by atoms with Gasteiger partial charge in [0.2, 0.25) is 0 Å². The number of carbonyl (C=O) groups is 1. The molecule has 3 heterocycles. The van der Waals surface area contributed by atoms with Crippen molar-refractivity contribution in [1.82, 2.24) is 10.3 Å². The highest BCUT2D eigenvalue weighted by Gasteiger charge is 2.57. The number of alkyl halides is 3. The van der Waals surface area contributed by atoms with Crippen LogP contribution in [-0.2, 0) is 19.8 Å². The van der Waals surface area contributed by atoms with Gasteiger partial charge in [0.25, 0.3) is 0 Å². The van der Waals surface area contributed by atoms with Crippen LogP contribution in [-0.4, -0.2) is 36.9 Å². The summed E-state index contributed by atoms with van der Waals surface area (Å²) >= 11 is 6.28. The Labute approximate surface area is 201 Å². The van der Waals surface area contributed by atoms with E-state index in [1.54, 1.807) is 54.7 Å². The van der Waals surface area contributed by atoms with Gasteiger partial charge in [0.05, 0.1) is 13.7 Å². The largest absolute Gasteiger partial charge is 0.497 e. The van der Waals surface area contributed by atoms with Crippen molar-refractivity contribution in [2.24, 2.45) is 5.73 Å². The molecule has 1 aromatic heterocycles. The summed E-state index contributed by atoms with van der Waals surface area (Å²) in [4.78, 5) is 15.6. The van der Waals surface area contributed by atoms with Crippen molar-refractivity contribution in [3.63, 3.8) is 0 Å². The standard InChI is InChI=1S/C23H17ClF3N3O5/c1-32-13-5-7-18-16(10-13)21(11-33-23(28,30-21)35-20(31)22(25,26)27)15-9-12(4-6-17(15)34-18)14-3-2-8-29-19(14)24/h2-10,30H,11,28H2,1H3. The summed E-state index contributed by atoms with van der Waals surface area (Å²) in [6.45, 7) is -0.296. The first kappa shape index (κ1) is 23.4. The predicted octanol–water partition coefficient (Wildman–Crippen LogP) is 4.06. The van der Waals surface area contributed by atoms with Gasteiger partial charge in [-0.1, -0.05) is 17.7 Å². The molecular formula is C23H17ClF3N3O5. The van der Waals surface area contributed by atoms with Gasteiger partial charge < -0.3 is 18.9 Å². The van der Waals surface area contributed by atoms with E-state index in [1.165, 1.54) is 7.11 Å². The zero-order valence-electron chi connectivity index (χ0n) is 18.0. The van der Waals surface area contributed by atoms with E-state index in [1.807, 2.05) is 0 Å². The molecule has 182 valence electrons. The van der Waals surface area contributed by atoms with Gasteiger partial charge in [0.15, 0.2) is 0 Å².